The number of furan rings is 1. The van der Waals surface area contributed by atoms with Crippen molar-refractivity contribution < 1.29 is 22.0 Å². The largest absolute Gasteiger partial charge is 0.455 e. The first kappa shape index (κ1) is 21.4. The summed E-state index contributed by atoms with van der Waals surface area (Å²) in [5.41, 5.74) is 3.90. The number of benzene rings is 2. The van der Waals surface area contributed by atoms with Crippen LogP contribution in [0.3, 0.4) is 0 Å². The van der Waals surface area contributed by atoms with Crippen molar-refractivity contribution in [1.82, 2.24) is 9.73 Å². The van der Waals surface area contributed by atoms with Crippen LogP contribution in [0.5, 0.6) is 0 Å². The molecule has 0 radical (unpaired) electrons. The van der Waals surface area contributed by atoms with Crippen LogP contribution in [0.2, 0.25) is 0 Å². The Morgan fingerprint density at radius 3 is 2.43 bits per heavy atom. The van der Waals surface area contributed by atoms with Gasteiger partial charge < -0.3 is 4.42 Å². The highest BCUT2D eigenvalue weighted by Crippen LogP contribution is 2.21. The molecule has 7 nitrogen and oxygen atoms in total. The molecule has 0 spiro atoms. The Labute approximate surface area is 173 Å². The van der Waals surface area contributed by atoms with Crippen molar-refractivity contribution in [2.45, 2.75) is 11.8 Å². The summed E-state index contributed by atoms with van der Waals surface area (Å²) < 4.78 is 44.5. The summed E-state index contributed by atoms with van der Waals surface area (Å²) in [4.78, 5) is 12.1. The zero-order chi connectivity index (χ0) is 21.7. The Balaban J connectivity index is 1.57. The van der Waals surface area contributed by atoms with Crippen molar-refractivity contribution in [3.63, 3.8) is 0 Å². The van der Waals surface area contributed by atoms with Gasteiger partial charge in [-0.1, -0.05) is 17.7 Å². The molecule has 0 bridgehead atoms. The molecule has 156 valence electrons. The van der Waals surface area contributed by atoms with Crippen LogP contribution in [0.15, 0.2) is 75.1 Å². The molecule has 2 aromatic carbocycles. The molecule has 1 amide bonds. The van der Waals surface area contributed by atoms with E-state index >= 15 is 0 Å². The van der Waals surface area contributed by atoms with E-state index in [2.05, 4.69) is 10.5 Å². The fraction of sp³-hybridized carbons (Fsp3) is 0.143. The van der Waals surface area contributed by atoms with Gasteiger partial charge in [0.05, 0.1) is 17.7 Å². The number of carbonyl (C=O) groups is 1. The molecule has 0 fully saturated rings. The number of amides is 1. The lowest BCUT2D eigenvalue weighted by Crippen LogP contribution is -2.36. The quantitative estimate of drug-likeness (QED) is 0.461. The van der Waals surface area contributed by atoms with Gasteiger partial charge in [-0.25, -0.2) is 18.2 Å². The van der Waals surface area contributed by atoms with E-state index in [1.165, 1.54) is 37.5 Å². The van der Waals surface area contributed by atoms with Crippen LogP contribution in [-0.2, 0) is 14.8 Å². The maximum atomic E-state index is 13.0. The third-order valence-corrected chi connectivity index (χ3v) is 6.05. The molecular weight excluding hydrogens is 409 g/mol. The fourth-order valence-electron chi connectivity index (χ4n) is 2.57. The molecule has 3 aromatic rings. The molecule has 3 rings (SSSR count). The van der Waals surface area contributed by atoms with Crippen LogP contribution in [0.1, 0.15) is 11.3 Å². The molecule has 0 saturated carbocycles. The molecule has 1 N–H and O–H groups in total. The Kier molecular flexibility index (Phi) is 6.43. The van der Waals surface area contributed by atoms with Crippen molar-refractivity contribution in [3.8, 4) is 11.3 Å². The number of hydrogen-bond donors (Lipinski definition) is 1. The van der Waals surface area contributed by atoms with Crippen LogP contribution in [-0.4, -0.2) is 38.4 Å². The maximum absolute atomic E-state index is 13.0. The normalized spacial score (nSPS) is 11.9. The highest BCUT2D eigenvalue weighted by molar-refractivity contribution is 7.89. The molecule has 1 heterocycles. The summed E-state index contributed by atoms with van der Waals surface area (Å²) in [7, 11) is -2.46. The molecule has 0 aliphatic rings. The highest BCUT2D eigenvalue weighted by atomic mass is 32.2. The van der Waals surface area contributed by atoms with E-state index in [9.17, 15) is 17.6 Å². The van der Waals surface area contributed by atoms with E-state index in [1.807, 2.05) is 6.92 Å². The molecule has 0 aliphatic carbocycles. The SMILES string of the molecule is Cc1ccc(S(=O)(=O)N(C)CC(=O)N/N=C/c2ccc(-c3ccc(F)cc3)o2)cc1. The summed E-state index contributed by atoms with van der Waals surface area (Å²) in [6, 6.07) is 15.5. The first-order valence-electron chi connectivity index (χ1n) is 8.96. The van der Waals surface area contributed by atoms with E-state index in [-0.39, 0.29) is 10.7 Å². The number of nitrogens with zero attached hydrogens (tertiary/aromatic N) is 2. The van der Waals surface area contributed by atoms with Gasteiger partial charge in [0.15, 0.2) is 0 Å². The Bertz CT molecular complexity index is 1150. The second-order valence-corrected chi connectivity index (χ2v) is 8.62. The molecular formula is C21H20FN3O4S. The third-order valence-electron chi connectivity index (χ3n) is 4.23. The van der Waals surface area contributed by atoms with Crippen molar-refractivity contribution >= 4 is 22.1 Å². The summed E-state index contributed by atoms with van der Waals surface area (Å²) in [6.45, 7) is 1.46. The maximum Gasteiger partial charge on any atom is 0.255 e. The number of likely N-dealkylation sites (N-methyl/N-ethyl adjacent to an activating group) is 1. The first-order chi connectivity index (χ1) is 14.3. The number of hydrogen-bond acceptors (Lipinski definition) is 5. The van der Waals surface area contributed by atoms with Gasteiger partial charge in [-0.3, -0.25) is 4.79 Å². The molecule has 0 unspecified atom stereocenters. The predicted molar refractivity (Wildman–Crippen MR) is 111 cm³/mol. The lowest BCUT2D eigenvalue weighted by Gasteiger charge is -2.16. The minimum absolute atomic E-state index is 0.107. The van der Waals surface area contributed by atoms with E-state index in [4.69, 9.17) is 4.42 Å². The Hall–Kier alpha value is -3.30. The molecule has 0 saturated heterocycles. The summed E-state index contributed by atoms with van der Waals surface area (Å²) in [6.07, 6.45) is 1.29. The molecule has 0 atom stereocenters. The zero-order valence-electron chi connectivity index (χ0n) is 16.4. The summed E-state index contributed by atoms with van der Waals surface area (Å²) in [5.74, 6) is -0.0547. The van der Waals surface area contributed by atoms with Gasteiger partial charge >= 0.3 is 0 Å². The Morgan fingerprint density at radius 1 is 1.10 bits per heavy atom. The van der Waals surface area contributed by atoms with E-state index < -0.39 is 22.5 Å². The number of aryl methyl sites for hydroxylation is 1. The second kappa shape index (κ2) is 9.02. The van der Waals surface area contributed by atoms with E-state index in [1.54, 1.807) is 36.4 Å². The van der Waals surface area contributed by atoms with Crippen LogP contribution >= 0.6 is 0 Å². The van der Waals surface area contributed by atoms with Crippen molar-refractivity contribution in [2.24, 2.45) is 5.10 Å². The number of nitrogens with one attached hydrogen (secondary N) is 1. The first-order valence-corrected chi connectivity index (χ1v) is 10.4. The van der Waals surface area contributed by atoms with Crippen LogP contribution in [0, 0.1) is 12.7 Å². The van der Waals surface area contributed by atoms with E-state index in [0.717, 1.165) is 9.87 Å². The van der Waals surface area contributed by atoms with Gasteiger partial charge in [0, 0.05) is 12.6 Å². The molecule has 30 heavy (non-hydrogen) atoms. The van der Waals surface area contributed by atoms with Gasteiger partial charge in [-0.05, 0) is 55.5 Å². The van der Waals surface area contributed by atoms with Crippen molar-refractivity contribution in [1.29, 1.82) is 0 Å². The lowest BCUT2D eigenvalue weighted by atomic mass is 10.2. The van der Waals surface area contributed by atoms with Crippen LogP contribution in [0.4, 0.5) is 4.39 Å². The van der Waals surface area contributed by atoms with Gasteiger partial charge in [0.2, 0.25) is 10.0 Å². The summed E-state index contributed by atoms with van der Waals surface area (Å²) >= 11 is 0. The third kappa shape index (κ3) is 5.19. The molecule has 0 aliphatic heterocycles. The molecule has 1 aromatic heterocycles. The number of halogens is 1. The number of hydrazone groups is 1. The number of rotatable bonds is 7. The van der Waals surface area contributed by atoms with Crippen molar-refractivity contribution in [2.75, 3.05) is 13.6 Å². The number of sulfonamides is 1. The van der Waals surface area contributed by atoms with Crippen molar-refractivity contribution in [3.05, 3.63) is 77.8 Å². The predicted octanol–water partition coefficient (Wildman–Crippen LogP) is 3.16. The highest BCUT2D eigenvalue weighted by Gasteiger charge is 2.22. The number of carbonyl (C=O) groups excluding carboxylic acids is 1. The van der Waals surface area contributed by atoms with Crippen LogP contribution < -0.4 is 5.43 Å². The average Bonchev–Trinajstić information content (AvgIpc) is 3.17. The Morgan fingerprint density at radius 2 is 1.77 bits per heavy atom. The lowest BCUT2D eigenvalue weighted by molar-refractivity contribution is -0.121. The molecule has 9 heteroatoms. The standard InChI is InChI=1S/C21H20FN3O4S/c1-15-3-10-19(11-4-15)30(27,28)25(2)14-21(26)24-23-13-18-9-12-20(29-18)16-5-7-17(22)8-6-16/h3-13H,14H2,1-2H3,(H,24,26)/b23-13+. The smallest absolute Gasteiger partial charge is 0.255 e. The van der Waals surface area contributed by atoms with Gasteiger partial charge in [-0.2, -0.15) is 9.41 Å². The second-order valence-electron chi connectivity index (χ2n) is 6.58. The zero-order valence-corrected chi connectivity index (χ0v) is 17.2. The average molecular weight is 429 g/mol. The topological polar surface area (TPSA) is 92.0 Å². The van der Waals surface area contributed by atoms with E-state index in [0.29, 0.717) is 17.1 Å². The monoisotopic (exact) mass is 429 g/mol. The van der Waals surface area contributed by atoms with Gasteiger partial charge in [0.25, 0.3) is 5.91 Å². The summed E-state index contributed by atoms with van der Waals surface area (Å²) in [5, 5.41) is 3.78. The minimum Gasteiger partial charge on any atom is -0.455 e. The van der Waals surface area contributed by atoms with Gasteiger partial charge in [0.1, 0.15) is 17.3 Å². The fourth-order valence-corrected chi connectivity index (χ4v) is 3.70. The van der Waals surface area contributed by atoms with Crippen LogP contribution in [0.25, 0.3) is 11.3 Å². The minimum atomic E-state index is -3.78. The van der Waals surface area contributed by atoms with Gasteiger partial charge in [-0.15, -0.1) is 0 Å².